The van der Waals surface area contributed by atoms with Crippen LogP contribution in [0, 0.1) is 17.2 Å². The summed E-state index contributed by atoms with van der Waals surface area (Å²) >= 11 is 0. The molecule has 2 atom stereocenters. The summed E-state index contributed by atoms with van der Waals surface area (Å²) in [4.78, 5) is 0. The smallest absolute Gasteiger partial charge is 0.132 e. The van der Waals surface area contributed by atoms with Crippen LogP contribution in [0.2, 0.25) is 0 Å². The summed E-state index contributed by atoms with van der Waals surface area (Å²) in [5.74, 6) is 0.392. The highest BCUT2D eigenvalue weighted by Crippen LogP contribution is 2.42. The van der Waals surface area contributed by atoms with Crippen molar-refractivity contribution in [2.75, 3.05) is 6.26 Å². The van der Waals surface area contributed by atoms with E-state index in [2.05, 4.69) is 6.07 Å². The van der Waals surface area contributed by atoms with Gasteiger partial charge >= 0.3 is 0 Å². The van der Waals surface area contributed by atoms with Crippen LogP contribution in [0.15, 0.2) is 0 Å². The highest BCUT2D eigenvalue weighted by atomic mass is 32.2. The molecule has 56 valence electrons. The van der Waals surface area contributed by atoms with Crippen molar-refractivity contribution in [2.45, 2.75) is 24.5 Å². The van der Waals surface area contributed by atoms with Gasteiger partial charge in [0.25, 0.3) is 0 Å². The average Bonchev–Trinajstić information content (AvgIpc) is 2.67. The standard InChI is InChI=1S/C7H11NOS/c1-7(5-8,10(2)9)6-3-4-6/h6H,3-4H2,1-2H3. The molecule has 1 fully saturated rings. The predicted molar refractivity (Wildman–Crippen MR) is 40.8 cm³/mol. The van der Waals surface area contributed by atoms with Gasteiger partial charge in [-0.25, -0.2) is 0 Å². The van der Waals surface area contributed by atoms with Crippen LogP contribution < -0.4 is 0 Å². The molecule has 1 rings (SSSR count). The minimum atomic E-state index is -0.998. The minimum Gasteiger partial charge on any atom is -0.258 e. The summed E-state index contributed by atoms with van der Waals surface area (Å²) in [6.07, 6.45) is 3.76. The number of rotatable bonds is 2. The maximum Gasteiger partial charge on any atom is 0.132 e. The van der Waals surface area contributed by atoms with Crippen LogP contribution >= 0.6 is 0 Å². The summed E-state index contributed by atoms with van der Waals surface area (Å²) < 4.78 is 10.5. The van der Waals surface area contributed by atoms with E-state index in [1.165, 1.54) is 0 Å². The summed E-state index contributed by atoms with van der Waals surface area (Å²) in [5.41, 5.74) is 0. The fourth-order valence-corrected chi connectivity index (χ4v) is 1.86. The van der Waals surface area contributed by atoms with Gasteiger partial charge < -0.3 is 0 Å². The van der Waals surface area contributed by atoms with E-state index in [1.807, 2.05) is 0 Å². The maximum absolute atomic E-state index is 11.1. The number of nitriles is 1. The van der Waals surface area contributed by atoms with Gasteiger partial charge in [0.1, 0.15) is 4.75 Å². The van der Waals surface area contributed by atoms with Crippen LogP contribution in [0.5, 0.6) is 0 Å². The number of hydrogen-bond acceptors (Lipinski definition) is 2. The Hall–Kier alpha value is -0.360. The highest BCUT2D eigenvalue weighted by Gasteiger charge is 2.44. The molecule has 0 aliphatic heterocycles. The summed E-state index contributed by atoms with van der Waals surface area (Å²) in [6, 6.07) is 2.14. The van der Waals surface area contributed by atoms with Gasteiger partial charge in [-0.2, -0.15) is 5.26 Å². The van der Waals surface area contributed by atoms with Crippen molar-refractivity contribution in [3.05, 3.63) is 0 Å². The molecule has 3 heteroatoms. The maximum atomic E-state index is 11.1. The van der Waals surface area contributed by atoms with Gasteiger partial charge in [-0.15, -0.1) is 0 Å². The topological polar surface area (TPSA) is 40.9 Å². The van der Waals surface area contributed by atoms with Crippen molar-refractivity contribution in [3.63, 3.8) is 0 Å². The second kappa shape index (κ2) is 2.35. The lowest BCUT2D eigenvalue weighted by molar-refractivity contribution is 0.626. The van der Waals surface area contributed by atoms with E-state index >= 15 is 0 Å². The quantitative estimate of drug-likeness (QED) is 0.601. The number of nitrogens with zero attached hydrogens (tertiary/aromatic N) is 1. The Balaban J connectivity index is 2.78. The van der Waals surface area contributed by atoms with Gasteiger partial charge in [-0.1, -0.05) is 0 Å². The van der Waals surface area contributed by atoms with E-state index in [-0.39, 0.29) is 0 Å². The highest BCUT2D eigenvalue weighted by molar-refractivity contribution is 7.86. The van der Waals surface area contributed by atoms with Crippen molar-refractivity contribution >= 4 is 10.8 Å². The molecule has 1 aliphatic carbocycles. The van der Waals surface area contributed by atoms with Crippen molar-refractivity contribution in [2.24, 2.45) is 5.92 Å². The molecule has 0 N–H and O–H groups in total. The molecule has 10 heavy (non-hydrogen) atoms. The molecule has 0 spiro atoms. The molecule has 0 bridgehead atoms. The van der Waals surface area contributed by atoms with Gasteiger partial charge in [0.05, 0.1) is 6.07 Å². The Morgan fingerprint density at radius 1 is 1.70 bits per heavy atom. The van der Waals surface area contributed by atoms with Crippen molar-refractivity contribution in [1.82, 2.24) is 0 Å². The zero-order valence-corrected chi connectivity index (χ0v) is 7.07. The van der Waals surface area contributed by atoms with Gasteiger partial charge in [0, 0.05) is 17.1 Å². The van der Waals surface area contributed by atoms with Crippen LogP contribution in [0.25, 0.3) is 0 Å². The molecule has 0 saturated heterocycles. The van der Waals surface area contributed by atoms with E-state index in [1.54, 1.807) is 13.2 Å². The van der Waals surface area contributed by atoms with Crippen LogP contribution in [-0.4, -0.2) is 15.2 Å². The van der Waals surface area contributed by atoms with Crippen molar-refractivity contribution in [3.8, 4) is 6.07 Å². The third-order valence-corrected chi connectivity index (χ3v) is 3.79. The van der Waals surface area contributed by atoms with Gasteiger partial charge in [-0.05, 0) is 25.7 Å². The zero-order chi connectivity index (χ0) is 7.78. The van der Waals surface area contributed by atoms with E-state index in [0.29, 0.717) is 5.92 Å². The van der Waals surface area contributed by atoms with Gasteiger partial charge in [-0.3, -0.25) is 4.21 Å². The zero-order valence-electron chi connectivity index (χ0n) is 6.26. The molecule has 0 aromatic heterocycles. The van der Waals surface area contributed by atoms with E-state index in [9.17, 15) is 4.21 Å². The molecule has 0 radical (unpaired) electrons. The molecule has 0 heterocycles. The second-order valence-corrected chi connectivity index (χ2v) is 4.70. The van der Waals surface area contributed by atoms with Gasteiger partial charge in [0.15, 0.2) is 0 Å². The van der Waals surface area contributed by atoms with Crippen molar-refractivity contribution < 1.29 is 4.21 Å². The van der Waals surface area contributed by atoms with Crippen LogP contribution in [0.3, 0.4) is 0 Å². The normalized spacial score (nSPS) is 26.5. The van der Waals surface area contributed by atoms with E-state index < -0.39 is 15.5 Å². The van der Waals surface area contributed by atoms with Crippen LogP contribution in [-0.2, 0) is 10.8 Å². The Labute approximate surface area is 63.7 Å². The minimum absolute atomic E-state index is 0.392. The SMILES string of the molecule is CS(=O)C(C)(C#N)C1CC1. The Morgan fingerprint density at radius 2 is 2.20 bits per heavy atom. The lowest BCUT2D eigenvalue weighted by atomic mass is 10.1. The molecule has 0 amide bonds. The lowest BCUT2D eigenvalue weighted by Crippen LogP contribution is -2.30. The van der Waals surface area contributed by atoms with Gasteiger partial charge in [0.2, 0.25) is 0 Å². The first-order valence-corrected chi connectivity index (χ1v) is 4.92. The first-order valence-electron chi connectivity index (χ1n) is 3.36. The monoisotopic (exact) mass is 157 g/mol. The number of hydrogen-bond donors (Lipinski definition) is 0. The Kier molecular flexibility index (Phi) is 1.82. The molecule has 2 nitrogen and oxygen atoms in total. The predicted octanol–water partition coefficient (Wildman–Crippen LogP) is 1.06. The summed E-state index contributed by atoms with van der Waals surface area (Å²) in [7, 11) is -0.998. The molecule has 1 saturated carbocycles. The summed E-state index contributed by atoms with van der Waals surface area (Å²) in [6.45, 7) is 1.79. The summed E-state index contributed by atoms with van der Waals surface area (Å²) in [5, 5.41) is 8.72. The van der Waals surface area contributed by atoms with E-state index in [0.717, 1.165) is 12.8 Å². The van der Waals surface area contributed by atoms with E-state index in [4.69, 9.17) is 5.26 Å². The average molecular weight is 157 g/mol. The Bertz CT molecular complexity index is 204. The van der Waals surface area contributed by atoms with Crippen LogP contribution in [0.4, 0.5) is 0 Å². The fourth-order valence-electron chi connectivity index (χ4n) is 1.02. The van der Waals surface area contributed by atoms with Crippen molar-refractivity contribution in [1.29, 1.82) is 5.26 Å². The first-order chi connectivity index (χ1) is 4.61. The fraction of sp³-hybridized carbons (Fsp3) is 0.857. The molecule has 0 aromatic carbocycles. The molecule has 2 unspecified atom stereocenters. The first kappa shape index (κ1) is 7.74. The third-order valence-electron chi connectivity index (χ3n) is 2.18. The molecule has 1 aliphatic rings. The largest absolute Gasteiger partial charge is 0.258 e. The van der Waals surface area contributed by atoms with Crippen LogP contribution in [0.1, 0.15) is 19.8 Å². The Morgan fingerprint density at radius 3 is 2.30 bits per heavy atom. The lowest BCUT2D eigenvalue weighted by Gasteiger charge is -2.16. The molecular formula is C7H11NOS. The molecular weight excluding hydrogens is 146 g/mol. The second-order valence-electron chi connectivity index (χ2n) is 2.95. The molecule has 0 aromatic rings. The third kappa shape index (κ3) is 1.08.